The summed E-state index contributed by atoms with van der Waals surface area (Å²) in [6.45, 7) is 0. The summed E-state index contributed by atoms with van der Waals surface area (Å²) in [4.78, 5) is 14.1. The van der Waals surface area contributed by atoms with Crippen molar-refractivity contribution in [2.75, 3.05) is 7.11 Å². The minimum atomic E-state index is -0.896. The first-order valence-corrected chi connectivity index (χ1v) is 6.06. The highest BCUT2D eigenvalue weighted by molar-refractivity contribution is 5.85. The number of azide groups is 1. The molecule has 1 aliphatic rings. The number of hydrogen-bond donors (Lipinski definition) is 1. The average Bonchev–Trinajstić information content (AvgIpc) is 2.36. The number of halogens is 1. The van der Waals surface area contributed by atoms with Gasteiger partial charge in [-0.25, -0.2) is 0 Å². The van der Waals surface area contributed by atoms with E-state index in [4.69, 9.17) is 11.3 Å². The highest BCUT2D eigenvalue weighted by Gasteiger charge is 2.28. The number of carbonyl (C=O) groups is 1. The summed E-state index contributed by atoms with van der Waals surface area (Å²) in [6, 6.07) is -1.34. The lowest BCUT2D eigenvalue weighted by Crippen LogP contribution is -2.41. The third kappa shape index (κ3) is 5.12. The molecular formula is C11H21ClN4O2. The molecule has 18 heavy (non-hydrogen) atoms. The summed E-state index contributed by atoms with van der Waals surface area (Å²) in [5, 5.41) is 3.44. The molecule has 0 radical (unpaired) electrons. The Morgan fingerprint density at radius 2 is 2.11 bits per heavy atom. The van der Waals surface area contributed by atoms with Crippen LogP contribution in [0.25, 0.3) is 10.4 Å². The number of nitrogens with zero attached hydrogens (tertiary/aromatic N) is 3. The summed E-state index contributed by atoms with van der Waals surface area (Å²) in [5.41, 5.74) is 14.4. The van der Waals surface area contributed by atoms with E-state index in [1.807, 2.05) is 0 Å². The highest BCUT2D eigenvalue weighted by Crippen LogP contribution is 2.27. The first-order chi connectivity index (χ1) is 8.19. The van der Waals surface area contributed by atoms with Gasteiger partial charge in [0.15, 0.2) is 0 Å². The number of carbonyl (C=O) groups excluding carboxylic acids is 1. The molecule has 104 valence electrons. The van der Waals surface area contributed by atoms with Gasteiger partial charge in [0.1, 0.15) is 6.04 Å². The van der Waals surface area contributed by atoms with E-state index in [0.29, 0.717) is 5.92 Å². The maximum Gasteiger partial charge on any atom is 0.316 e. The van der Waals surface area contributed by atoms with Crippen molar-refractivity contribution in [3.8, 4) is 0 Å². The topological polar surface area (TPSA) is 101 Å². The highest BCUT2D eigenvalue weighted by atomic mass is 35.5. The zero-order valence-electron chi connectivity index (χ0n) is 10.6. The van der Waals surface area contributed by atoms with Crippen LogP contribution in [-0.2, 0) is 9.53 Å². The predicted molar refractivity (Wildman–Crippen MR) is 71.4 cm³/mol. The van der Waals surface area contributed by atoms with E-state index in [1.165, 1.54) is 26.4 Å². The van der Waals surface area contributed by atoms with E-state index in [1.54, 1.807) is 0 Å². The van der Waals surface area contributed by atoms with Gasteiger partial charge in [0.2, 0.25) is 0 Å². The van der Waals surface area contributed by atoms with Crippen LogP contribution < -0.4 is 5.73 Å². The van der Waals surface area contributed by atoms with Crippen LogP contribution in [0.15, 0.2) is 5.11 Å². The molecule has 0 amide bonds. The first-order valence-electron chi connectivity index (χ1n) is 6.06. The maximum absolute atomic E-state index is 11.4. The van der Waals surface area contributed by atoms with Gasteiger partial charge in [-0.05, 0) is 17.9 Å². The number of methoxy groups -OCH3 is 1. The summed E-state index contributed by atoms with van der Waals surface area (Å²) in [5.74, 6) is -0.00842. The molecular weight excluding hydrogens is 256 g/mol. The van der Waals surface area contributed by atoms with Gasteiger partial charge in [0.25, 0.3) is 0 Å². The second-order valence-corrected chi connectivity index (χ2v) is 4.58. The second-order valence-electron chi connectivity index (χ2n) is 4.58. The Hall–Kier alpha value is -0.970. The van der Waals surface area contributed by atoms with Gasteiger partial charge in [0, 0.05) is 11.0 Å². The zero-order chi connectivity index (χ0) is 12.7. The molecule has 0 unspecified atom stereocenters. The van der Waals surface area contributed by atoms with Crippen LogP contribution in [0, 0.1) is 5.92 Å². The van der Waals surface area contributed by atoms with Crippen molar-refractivity contribution in [1.29, 1.82) is 0 Å². The molecule has 7 heteroatoms. The molecule has 2 N–H and O–H groups in total. The SMILES string of the molecule is COC(=O)[C@H](N=[N+]=[N-])[C@@H](N)CC1CCCCC1.Cl. The van der Waals surface area contributed by atoms with Crippen LogP contribution in [0.5, 0.6) is 0 Å². The lowest BCUT2D eigenvalue weighted by Gasteiger charge is -2.26. The lowest BCUT2D eigenvalue weighted by atomic mass is 9.83. The minimum absolute atomic E-state index is 0. The van der Waals surface area contributed by atoms with Crippen molar-refractivity contribution in [3.63, 3.8) is 0 Å². The van der Waals surface area contributed by atoms with Crippen LogP contribution in [0.2, 0.25) is 0 Å². The molecule has 0 aliphatic heterocycles. The van der Waals surface area contributed by atoms with Crippen LogP contribution in [-0.4, -0.2) is 25.2 Å². The Morgan fingerprint density at radius 1 is 1.50 bits per heavy atom. The standard InChI is InChI=1S/C11H20N4O2.ClH/c1-17-11(16)10(14-15-13)9(12)7-8-5-3-2-4-6-8;/h8-10H,2-7,12H2,1H3;1H/t9-,10+;/m0./s1. The first kappa shape index (κ1) is 17.0. The lowest BCUT2D eigenvalue weighted by molar-refractivity contribution is -0.142. The molecule has 1 fully saturated rings. The van der Waals surface area contributed by atoms with Crippen molar-refractivity contribution in [2.24, 2.45) is 16.8 Å². The van der Waals surface area contributed by atoms with Crippen molar-refractivity contribution in [1.82, 2.24) is 0 Å². The molecule has 0 aromatic carbocycles. The van der Waals surface area contributed by atoms with E-state index >= 15 is 0 Å². The number of rotatable bonds is 5. The molecule has 2 atom stereocenters. The van der Waals surface area contributed by atoms with Crippen LogP contribution in [0.3, 0.4) is 0 Å². The second kappa shape index (κ2) is 9.03. The Labute approximate surface area is 113 Å². The Morgan fingerprint density at radius 3 is 2.61 bits per heavy atom. The van der Waals surface area contributed by atoms with Gasteiger partial charge < -0.3 is 10.5 Å². The van der Waals surface area contributed by atoms with E-state index in [2.05, 4.69) is 14.8 Å². The zero-order valence-corrected chi connectivity index (χ0v) is 11.4. The summed E-state index contributed by atoms with van der Waals surface area (Å²) >= 11 is 0. The number of ether oxygens (including phenoxy) is 1. The summed E-state index contributed by atoms with van der Waals surface area (Å²) in [6.07, 6.45) is 6.75. The minimum Gasteiger partial charge on any atom is -0.469 e. The van der Waals surface area contributed by atoms with Crippen LogP contribution in [0.1, 0.15) is 38.5 Å². The van der Waals surface area contributed by atoms with Crippen molar-refractivity contribution in [3.05, 3.63) is 10.4 Å². The fraction of sp³-hybridized carbons (Fsp3) is 0.909. The van der Waals surface area contributed by atoms with Crippen molar-refractivity contribution >= 4 is 18.4 Å². The monoisotopic (exact) mass is 276 g/mol. The predicted octanol–water partition coefficient (Wildman–Crippen LogP) is 2.56. The van der Waals surface area contributed by atoms with Gasteiger partial charge in [-0.15, -0.1) is 12.4 Å². The van der Waals surface area contributed by atoms with Crippen molar-refractivity contribution < 1.29 is 9.53 Å². The molecule has 0 spiro atoms. The molecule has 0 aromatic rings. The average molecular weight is 277 g/mol. The maximum atomic E-state index is 11.4. The smallest absolute Gasteiger partial charge is 0.316 e. The Kier molecular flexibility index (Phi) is 8.54. The van der Waals surface area contributed by atoms with Crippen LogP contribution >= 0.6 is 12.4 Å². The molecule has 1 aliphatic carbocycles. The van der Waals surface area contributed by atoms with E-state index < -0.39 is 18.1 Å². The third-order valence-corrected chi connectivity index (χ3v) is 3.35. The number of nitrogens with two attached hydrogens (primary N) is 1. The van der Waals surface area contributed by atoms with Crippen molar-refractivity contribution in [2.45, 2.75) is 50.6 Å². The van der Waals surface area contributed by atoms with Crippen LogP contribution in [0.4, 0.5) is 0 Å². The molecule has 0 saturated heterocycles. The Balaban J connectivity index is 0.00000289. The fourth-order valence-electron chi connectivity index (χ4n) is 2.42. The van der Waals surface area contributed by atoms with E-state index in [0.717, 1.165) is 19.3 Å². The normalized spacial score (nSPS) is 19.0. The molecule has 6 nitrogen and oxygen atoms in total. The van der Waals surface area contributed by atoms with Gasteiger partial charge in [-0.2, -0.15) is 0 Å². The Bertz CT molecular complexity index is 301. The third-order valence-electron chi connectivity index (χ3n) is 3.35. The van der Waals surface area contributed by atoms with E-state index in [-0.39, 0.29) is 12.4 Å². The molecule has 0 bridgehead atoms. The van der Waals surface area contributed by atoms with Gasteiger partial charge in [-0.1, -0.05) is 37.2 Å². The number of esters is 1. The quantitative estimate of drug-likeness (QED) is 0.361. The number of hydrogen-bond acceptors (Lipinski definition) is 4. The van der Waals surface area contributed by atoms with E-state index in [9.17, 15) is 4.79 Å². The molecule has 0 aromatic heterocycles. The molecule has 0 heterocycles. The van der Waals surface area contributed by atoms with Gasteiger partial charge in [-0.3, -0.25) is 4.79 Å². The molecule has 1 rings (SSSR count). The largest absolute Gasteiger partial charge is 0.469 e. The van der Waals surface area contributed by atoms with Gasteiger partial charge in [0.05, 0.1) is 7.11 Å². The summed E-state index contributed by atoms with van der Waals surface area (Å²) < 4.78 is 4.59. The van der Waals surface area contributed by atoms with Gasteiger partial charge >= 0.3 is 5.97 Å². The summed E-state index contributed by atoms with van der Waals surface area (Å²) in [7, 11) is 1.27. The molecule has 1 saturated carbocycles. The fourth-order valence-corrected chi connectivity index (χ4v) is 2.42.